The molecule has 0 amide bonds. The molecule has 0 aliphatic carbocycles. The van der Waals surface area contributed by atoms with Gasteiger partial charge in [0.15, 0.2) is 11.6 Å². The fourth-order valence-electron chi connectivity index (χ4n) is 2.97. The fourth-order valence-corrected chi connectivity index (χ4v) is 3.10. The molecule has 0 spiro atoms. The largest absolute Gasteiger partial charge is 0.476 e. The quantitative estimate of drug-likeness (QED) is 0.156. The molecule has 0 saturated carbocycles. The summed E-state index contributed by atoms with van der Waals surface area (Å²) in [6.07, 6.45) is -19.5. The molecule has 2 rings (SSSR count). The molecule has 0 aromatic heterocycles. The Morgan fingerprint density at radius 2 is 1.42 bits per heavy atom. The van der Waals surface area contributed by atoms with Gasteiger partial charge in [-0.05, 0) is 48.2 Å². The van der Waals surface area contributed by atoms with Gasteiger partial charge in [0.25, 0.3) is 0 Å². The number of alkyl halides is 11. The zero-order valence-electron chi connectivity index (χ0n) is 19.2. The van der Waals surface area contributed by atoms with Crippen LogP contribution in [0.2, 0.25) is 0 Å². The summed E-state index contributed by atoms with van der Waals surface area (Å²) in [7, 11) is 0. The monoisotopic (exact) mass is 582 g/mol. The number of halogens is 11. The maximum atomic E-state index is 14.4. The summed E-state index contributed by atoms with van der Waals surface area (Å²) in [5.41, 5.74) is 0.202. The maximum Gasteiger partial charge on any atom is 0.476 e. The molecule has 1 atom stereocenters. The van der Waals surface area contributed by atoms with Crippen LogP contribution in [0.25, 0.3) is 0 Å². The van der Waals surface area contributed by atoms with Crippen LogP contribution in [0.5, 0.6) is 5.75 Å². The van der Waals surface area contributed by atoms with Crippen LogP contribution in [-0.4, -0.2) is 41.2 Å². The number of rotatable bonds is 11. The number of ether oxygens (including phenoxy) is 2. The molecule has 38 heavy (non-hydrogen) atoms. The Hall–Kier alpha value is -2.87. The second kappa shape index (κ2) is 10.7. The SMILES string of the molecule is CCc1cccc(CC(=O)c2ccc(C(C)=O)c(OC(F)(F)C(F)(Cl)OC(F)(F)C(F)(F)C(F)(F)F)c2)c1. The number of benzene rings is 2. The first-order chi connectivity index (χ1) is 17.1. The van der Waals surface area contributed by atoms with E-state index in [9.17, 15) is 53.5 Å². The van der Waals surface area contributed by atoms with E-state index in [4.69, 9.17) is 0 Å². The zero-order chi connectivity index (χ0) is 29.3. The van der Waals surface area contributed by atoms with Crippen LogP contribution < -0.4 is 4.74 Å². The molecule has 0 aliphatic rings. The van der Waals surface area contributed by atoms with Crippen LogP contribution in [0.1, 0.15) is 45.7 Å². The highest BCUT2D eigenvalue weighted by atomic mass is 35.5. The lowest BCUT2D eigenvalue weighted by Crippen LogP contribution is -2.59. The fraction of sp³-hybridized carbons (Fsp3) is 0.391. The van der Waals surface area contributed by atoms with Gasteiger partial charge in [0.05, 0.1) is 5.56 Å². The van der Waals surface area contributed by atoms with Gasteiger partial charge in [-0.1, -0.05) is 37.3 Å². The molecule has 0 bridgehead atoms. The van der Waals surface area contributed by atoms with Crippen molar-refractivity contribution in [2.75, 3.05) is 0 Å². The van der Waals surface area contributed by atoms with Crippen molar-refractivity contribution in [3.8, 4) is 5.75 Å². The van der Waals surface area contributed by atoms with Gasteiger partial charge < -0.3 is 4.74 Å². The van der Waals surface area contributed by atoms with Crippen molar-refractivity contribution in [3.05, 3.63) is 64.7 Å². The molecule has 0 N–H and O–H groups in total. The summed E-state index contributed by atoms with van der Waals surface area (Å²) >= 11 is 4.49. The molecular formula is C23H17ClF10O4. The molecule has 0 fully saturated rings. The lowest BCUT2D eigenvalue weighted by atomic mass is 9.99. The highest BCUT2D eigenvalue weighted by molar-refractivity contribution is 6.22. The molecule has 0 heterocycles. The summed E-state index contributed by atoms with van der Waals surface area (Å²) in [5, 5.41) is -5.82. The van der Waals surface area contributed by atoms with E-state index in [1.54, 1.807) is 24.3 Å². The van der Waals surface area contributed by atoms with E-state index < -0.39 is 58.1 Å². The molecule has 4 nitrogen and oxygen atoms in total. The first-order valence-corrected chi connectivity index (χ1v) is 10.8. The van der Waals surface area contributed by atoms with Gasteiger partial charge in [-0.25, -0.2) is 0 Å². The van der Waals surface area contributed by atoms with Crippen molar-refractivity contribution in [1.82, 2.24) is 0 Å². The molecule has 0 radical (unpaired) electrons. The minimum atomic E-state index is -7.14. The number of hydrogen-bond acceptors (Lipinski definition) is 4. The summed E-state index contributed by atoms with van der Waals surface area (Å²) in [5.74, 6) is -10.2. The number of Topliss-reactive ketones (excluding diaryl/α,β-unsaturated/α-hetero) is 2. The Kier molecular flexibility index (Phi) is 8.84. The van der Waals surface area contributed by atoms with Crippen LogP contribution in [-0.2, 0) is 17.6 Å². The topological polar surface area (TPSA) is 52.6 Å². The highest BCUT2D eigenvalue weighted by Gasteiger charge is 2.78. The summed E-state index contributed by atoms with van der Waals surface area (Å²) in [6, 6.07) is 8.95. The Bertz CT molecular complexity index is 1190. The number of aryl methyl sites for hydroxylation is 1. The third-order valence-electron chi connectivity index (χ3n) is 5.00. The van der Waals surface area contributed by atoms with Gasteiger partial charge >= 0.3 is 29.6 Å². The Morgan fingerprint density at radius 1 is 0.842 bits per heavy atom. The molecule has 2 aromatic rings. The van der Waals surface area contributed by atoms with Crippen LogP contribution in [0.4, 0.5) is 43.9 Å². The van der Waals surface area contributed by atoms with Gasteiger partial charge in [-0.2, -0.15) is 43.9 Å². The van der Waals surface area contributed by atoms with Crippen molar-refractivity contribution in [3.63, 3.8) is 0 Å². The lowest BCUT2D eigenvalue weighted by Gasteiger charge is -2.34. The van der Waals surface area contributed by atoms with Crippen LogP contribution >= 0.6 is 11.6 Å². The molecular weight excluding hydrogens is 566 g/mol. The van der Waals surface area contributed by atoms with Gasteiger partial charge in [0.1, 0.15) is 5.75 Å². The van der Waals surface area contributed by atoms with Crippen molar-refractivity contribution in [2.24, 2.45) is 0 Å². The van der Waals surface area contributed by atoms with E-state index >= 15 is 0 Å². The van der Waals surface area contributed by atoms with E-state index in [-0.39, 0.29) is 6.42 Å². The minimum Gasteiger partial charge on any atom is -0.426 e. The number of carbonyl (C=O) groups is 2. The Labute approximate surface area is 213 Å². The average Bonchev–Trinajstić information content (AvgIpc) is 2.77. The summed E-state index contributed by atoms with van der Waals surface area (Å²) in [6.45, 7) is 2.65. The minimum absolute atomic E-state index is 0.284. The third kappa shape index (κ3) is 6.57. The smallest absolute Gasteiger partial charge is 0.426 e. The maximum absolute atomic E-state index is 14.4. The van der Waals surface area contributed by atoms with Crippen LogP contribution in [0.3, 0.4) is 0 Å². The second-order valence-corrected chi connectivity index (χ2v) is 8.35. The standard InChI is InChI=1S/C23H17ClF10O4/c1-3-13-5-4-6-14(9-13)10-17(36)15-7-8-16(12(2)35)18(11-15)37-23(33,34)20(24,27)38-22(31,32)19(25,26)21(28,29)30/h4-9,11H,3,10H2,1-2H3. The van der Waals surface area contributed by atoms with Gasteiger partial charge in [0.2, 0.25) is 0 Å². The molecule has 15 heteroatoms. The molecule has 210 valence electrons. The predicted octanol–water partition coefficient (Wildman–Crippen LogP) is 7.52. The highest BCUT2D eigenvalue weighted by Crippen LogP contribution is 2.52. The summed E-state index contributed by atoms with van der Waals surface area (Å²) < 4.78 is 139. The average molecular weight is 583 g/mol. The van der Waals surface area contributed by atoms with E-state index in [1.165, 1.54) is 0 Å². The van der Waals surface area contributed by atoms with Crippen LogP contribution in [0, 0.1) is 0 Å². The number of hydrogen-bond donors (Lipinski definition) is 0. The van der Waals surface area contributed by atoms with Gasteiger partial charge in [-0.3, -0.25) is 14.3 Å². The van der Waals surface area contributed by atoms with Crippen LogP contribution in [0.15, 0.2) is 42.5 Å². The van der Waals surface area contributed by atoms with Crippen molar-refractivity contribution in [1.29, 1.82) is 0 Å². The van der Waals surface area contributed by atoms with Crippen molar-refractivity contribution in [2.45, 2.75) is 56.3 Å². The lowest BCUT2D eigenvalue weighted by molar-refractivity contribution is -0.469. The first kappa shape index (κ1) is 31.3. The molecule has 2 aromatic carbocycles. The van der Waals surface area contributed by atoms with E-state index in [0.29, 0.717) is 18.1 Å². The Balaban J connectivity index is 2.40. The normalized spacial score (nSPS) is 14.7. The summed E-state index contributed by atoms with van der Waals surface area (Å²) in [4.78, 5) is 24.5. The predicted molar refractivity (Wildman–Crippen MR) is 113 cm³/mol. The Morgan fingerprint density at radius 3 is 1.95 bits per heavy atom. The first-order valence-electron chi connectivity index (χ1n) is 10.4. The van der Waals surface area contributed by atoms with Gasteiger partial charge in [-0.15, -0.1) is 0 Å². The van der Waals surface area contributed by atoms with Crippen molar-refractivity contribution < 1.29 is 63.0 Å². The number of carbonyl (C=O) groups excluding carboxylic acids is 2. The number of ketones is 2. The molecule has 0 aliphatic heterocycles. The van der Waals surface area contributed by atoms with E-state index in [1.807, 2.05) is 6.92 Å². The second-order valence-electron chi connectivity index (χ2n) is 7.87. The van der Waals surface area contributed by atoms with E-state index in [2.05, 4.69) is 21.1 Å². The molecule has 1 unspecified atom stereocenters. The van der Waals surface area contributed by atoms with Gasteiger partial charge in [0, 0.05) is 12.0 Å². The molecule has 0 saturated heterocycles. The third-order valence-corrected chi connectivity index (χ3v) is 5.30. The van der Waals surface area contributed by atoms with Crippen molar-refractivity contribution >= 4 is 23.2 Å². The zero-order valence-corrected chi connectivity index (χ0v) is 20.0. The van der Waals surface area contributed by atoms with E-state index in [0.717, 1.165) is 24.6 Å².